The van der Waals surface area contributed by atoms with E-state index in [1.807, 2.05) is 6.20 Å². The fourth-order valence-electron chi connectivity index (χ4n) is 2.42. The minimum atomic E-state index is -0.0260. The molecule has 1 aliphatic rings. The van der Waals surface area contributed by atoms with Gasteiger partial charge >= 0.3 is 0 Å². The van der Waals surface area contributed by atoms with Crippen molar-refractivity contribution < 1.29 is 9.53 Å². The third kappa shape index (κ3) is 7.79. The molecule has 2 N–H and O–H groups in total. The second-order valence-electron chi connectivity index (χ2n) is 6.28. The van der Waals surface area contributed by atoms with Gasteiger partial charge in [0, 0.05) is 59.6 Å². The van der Waals surface area contributed by atoms with Crippen molar-refractivity contribution in [1.29, 1.82) is 0 Å². The third-order valence-electron chi connectivity index (χ3n) is 4.02. The van der Waals surface area contributed by atoms with E-state index >= 15 is 0 Å². The first-order valence-electron chi connectivity index (χ1n) is 9.01. The summed E-state index contributed by atoms with van der Waals surface area (Å²) in [6.07, 6.45) is 4.39. The van der Waals surface area contributed by atoms with Gasteiger partial charge in [-0.15, -0.1) is 5.10 Å². The summed E-state index contributed by atoms with van der Waals surface area (Å²) in [5, 5.41) is 14.3. The number of carbonyl (C=O) groups excluding carboxylic acids is 1. The molecule has 146 valence electrons. The molecule has 0 aliphatic carbocycles. The van der Waals surface area contributed by atoms with E-state index in [2.05, 4.69) is 30.8 Å². The average Bonchev–Trinajstić information content (AvgIpc) is 3.16. The maximum atomic E-state index is 11.8. The molecule has 0 unspecified atom stereocenters. The number of likely N-dealkylation sites (N-methyl/N-ethyl adjacent to an activating group) is 1. The Bertz CT molecular complexity index is 540. The fraction of sp³-hybridized carbons (Fsp3) is 0.750. The van der Waals surface area contributed by atoms with Crippen molar-refractivity contribution in [3.8, 4) is 0 Å². The van der Waals surface area contributed by atoms with Crippen LogP contribution in [0.4, 0.5) is 0 Å². The average molecular weight is 366 g/mol. The van der Waals surface area contributed by atoms with Crippen molar-refractivity contribution in [3.05, 3.63) is 12.4 Å². The summed E-state index contributed by atoms with van der Waals surface area (Å²) < 4.78 is 7.15. The standard InChI is InChI=1S/C16H30N8O2/c1-22(2)15(25)14-19-16(17-4-3-7-24-9-6-20-21-24)18-5-8-23-10-12-26-13-11-23/h6,9H,3-5,7-8,10-14H2,1-2H3,(H2,17,18,19). The molecule has 2 heterocycles. The molecule has 0 spiro atoms. The van der Waals surface area contributed by atoms with Crippen LogP contribution in [0.5, 0.6) is 0 Å². The number of nitrogens with one attached hydrogen (secondary N) is 2. The van der Waals surface area contributed by atoms with E-state index in [0.29, 0.717) is 5.96 Å². The van der Waals surface area contributed by atoms with Crippen LogP contribution < -0.4 is 10.6 Å². The highest BCUT2D eigenvalue weighted by Gasteiger charge is 2.10. The lowest BCUT2D eigenvalue weighted by Crippen LogP contribution is -2.45. The van der Waals surface area contributed by atoms with Gasteiger partial charge < -0.3 is 20.3 Å². The van der Waals surface area contributed by atoms with Gasteiger partial charge in [-0.2, -0.15) is 0 Å². The number of amides is 1. The minimum absolute atomic E-state index is 0.0260. The number of aryl methyl sites for hydroxylation is 1. The van der Waals surface area contributed by atoms with Crippen LogP contribution in [-0.2, 0) is 16.1 Å². The Kier molecular flexibility index (Phi) is 8.84. The number of aromatic nitrogens is 3. The van der Waals surface area contributed by atoms with Crippen molar-refractivity contribution in [2.24, 2.45) is 4.99 Å². The SMILES string of the molecule is CN(C)C(=O)CN=C(NCCCn1ccnn1)NCCN1CCOCC1. The fourth-order valence-corrected chi connectivity index (χ4v) is 2.42. The van der Waals surface area contributed by atoms with E-state index in [-0.39, 0.29) is 12.5 Å². The first kappa shape index (κ1) is 20.1. The summed E-state index contributed by atoms with van der Waals surface area (Å²) in [4.78, 5) is 20.1. The van der Waals surface area contributed by atoms with Crippen LogP contribution in [0.1, 0.15) is 6.42 Å². The smallest absolute Gasteiger partial charge is 0.243 e. The van der Waals surface area contributed by atoms with Gasteiger partial charge in [0.25, 0.3) is 0 Å². The van der Waals surface area contributed by atoms with Gasteiger partial charge in [-0.1, -0.05) is 5.21 Å². The monoisotopic (exact) mass is 366 g/mol. The lowest BCUT2D eigenvalue weighted by Gasteiger charge is -2.26. The number of hydrogen-bond donors (Lipinski definition) is 2. The predicted molar refractivity (Wildman–Crippen MR) is 98.9 cm³/mol. The van der Waals surface area contributed by atoms with E-state index in [1.165, 1.54) is 0 Å². The highest BCUT2D eigenvalue weighted by atomic mass is 16.5. The van der Waals surface area contributed by atoms with Crippen molar-refractivity contribution in [3.63, 3.8) is 0 Å². The maximum absolute atomic E-state index is 11.8. The molecule has 0 radical (unpaired) electrons. The number of nitrogens with zero attached hydrogens (tertiary/aromatic N) is 6. The Hall–Kier alpha value is -2.20. The maximum Gasteiger partial charge on any atom is 0.243 e. The number of ether oxygens (including phenoxy) is 1. The van der Waals surface area contributed by atoms with Crippen molar-refractivity contribution in [1.82, 2.24) is 35.4 Å². The van der Waals surface area contributed by atoms with Gasteiger partial charge in [-0.3, -0.25) is 14.4 Å². The molecule has 10 heteroatoms. The van der Waals surface area contributed by atoms with Crippen molar-refractivity contribution >= 4 is 11.9 Å². The molecule has 10 nitrogen and oxygen atoms in total. The number of morpholine rings is 1. The molecule has 1 aliphatic heterocycles. The normalized spacial score (nSPS) is 15.7. The lowest BCUT2D eigenvalue weighted by atomic mass is 10.4. The quantitative estimate of drug-likeness (QED) is 0.316. The summed E-state index contributed by atoms with van der Waals surface area (Å²) in [7, 11) is 3.46. The number of hydrogen-bond acceptors (Lipinski definition) is 6. The van der Waals surface area contributed by atoms with E-state index < -0.39 is 0 Å². The van der Waals surface area contributed by atoms with Gasteiger partial charge in [0.05, 0.1) is 19.4 Å². The van der Waals surface area contributed by atoms with E-state index in [0.717, 1.165) is 58.9 Å². The molecular weight excluding hydrogens is 336 g/mol. The molecule has 1 fully saturated rings. The van der Waals surface area contributed by atoms with Gasteiger partial charge in [-0.25, -0.2) is 4.99 Å². The third-order valence-corrected chi connectivity index (χ3v) is 4.02. The number of rotatable bonds is 9. The molecule has 0 bridgehead atoms. The zero-order valence-corrected chi connectivity index (χ0v) is 15.7. The zero-order chi connectivity index (χ0) is 18.6. The van der Waals surface area contributed by atoms with Gasteiger partial charge in [0.15, 0.2) is 5.96 Å². The molecule has 1 saturated heterocycles. The highest BCUT2D eigenvalue weighted by Crippen LogP contribution is 1.94. The van der Waals surface area contributed by atoms with Crippen LogP contribution in [0.2, 0.25) is 0 Å². The highest BCUT2D eigenvalue weighted by molar-refractivity contribution is 5.84. The summed E-state index contributed by atoms with van der Waals surface area (Å²) in [5.41, 5.74) is 0. The summed E-state index contributed by atoms with van der Waals surface area (Å²) >= 11 is 0. The predicted octanol–water partition coefficient (Wildman–Crippen LogP) is -1.38. The van der Waals surface area contributed by atoms with Crippen molar-refractivity contribution in [2.75, 3.05) is 66.6 Å². The zero-order valence-electron chi connectivity index (χ0n) is 15.7. The molecule has 2 rings (SSSR count). The first-order valence-corrected chi connectivity index (χ1v) is 9.01. The molecule has 1 amide bonds. The number of aliphatic imine (C=N–C) groups is 1. The van der Waals surface area contributed by atoms with Gasteiger partial charge in [-0.05, 0) is 6.42 Å². The lowest BCUT2D eigenvalue weighted by molar-refractivity contribution is -0.127. The Morgan fingerprint density at radius 3 is 2.69 bits per heavy atom. The minimum Gasteiger partial charge on any atom is -0.379 e. The van der Waals surface area contributed by atoms with Crippen LogP contribution in [0.3, 0.4) is 0 Å². The second-order valence-corrected chi connectivity index (χ2v) is 6.28. The van der Waals surface area contributed by atoms with Gasteiger partial charge in [0.1, 0.15) is 6.54 Å². The molecular formula is C16H30N8O2. The Morgan fingerprint density at radius 1 is 1.23 bits per heavy atom. The van der Waals surface area contributed by atoms with Gasteiger partial charge in [0.2, 0.25) is 5.91 Å². The van der Waals surface area contributed by atoms with Crippen LogP contribution >= 0.6 is 0 Å². The summed E-state index contributed by atoms with van der Waals surface area (Å²) in [6, 6.07) is 0. The van der Waals surface area contributed by atoms with E-state index in [1.54, 1.807) is 29.9 Å². The number of guanidine groups is 1. The largest absolute Gasteiger partial charge is 0.379 e. The Labute approximate surface area is 154 Å². The second kappa shape index (κ2) is 11.4. The molecule has 26 heavy (non-hydrogen) atoms. The van der Waals surface area contributed by atoms with Crippen LogP contribution in [0.15, 0.2) is 17.4 Å². The molecule has 1 aromatic heterocycles. The topological polar surface area (TPSA) is 99.9 Å². The van der Waals surface area contributed by atoms with Crippen LogP contribution in [0, 0.1) is 0 Å². The molecule has 1 aromatic rings. The number of carbonyl (C=O) groups is 1. The first-order chi connectivity index (χ1) is 12.6. The van der Waals surface area contributed by atoms with E-state index in [9.17, 15) is 4.79 Å². The Balaban J connectivity index is 1.73. The Morgan fingerprint density at radius 2 is 2.00 bits per heavy atom. The summed E-state index contributed by atoms with van der Waals surface area (Å²) in [5.74, 6) is 0.633. The molecule has 0 saturated carbocycles. The van der Waals surface area contributed by atoms with Crippen molar-refractivity contribution in [2.45, 2.75) is 13.0 Å². The van der Waals surface area contributed by atoms with Crippen LogP contribution in [-0.4, -0.2) is 103 Å². The molecule has 0 atom stereocenters. The van der Waals surface area contributed by atoms with E-state index in [4.69, 9.17) is 4.74 Å². The molecule has 0 aromatic carbocycles. The van der Waals surface area contributed by atoms with Crippen LogP contribution in [0.25, 0.3) is 0 Å². The summed E-state index contributed by atoms with van der Waals surface area (Å²) in [6.45, 7) is 6.83.